The zero-order chi connectivity index (χ0) is 15.7. The lowest BCUT2D eigenvalue weighted by molar-refractivity contribution is 0.268. The van der Waals surface area contributed by atoms with Crippen molar-refractivity contribution in [3.8, 4) is 0 Å². The summed E-state index contributed by atoms with van der Waals surface area (Å²) in [6.07, 6.45) is 2.18. The fourth-order valence-electron chi connectivity index (χ4n) is 2.41. The summed E-state index contributed by atoms with van der Waals surface area (Å²) in [5.74, 6) is -0.118. The Bertz CT molecular complexity index is 395. The van der Waals surface area contributed by atoms with Crippen LogP contribution in [0.2, 0.25) is 0 Å². The highest BCUT2D eigenvalue weighted by Gasteiger charge is 2.16. The van der Waals surface area contributed by atoms with E-state index in [1.807, 2.05) is 12.1 Å². The minimum Gasteiger partial charge on any atom is -0.309 e. The molecule has 1 aromatic rings. The predicted octanol–water partition coefficient (Wildman–Crippen LogP) is 2.75. The standard InChI is InChI=1S/C17H30FN3/c1-5-11-19-17(15-9-6-7-10-16(15)18)14-21(4)13-8-12-20(2)3/h6-7,9-10,17,19H,5,8,11-14H2,1-4H3. The highest BCUT2D eigenvalue weighted by molar-refractivity contribution is 5.21. The van der Waals surface area contributed by atoms with Crippen molar-refractivity contribution >= 4 is 0 Å². The topological polar surface area (TPSA) is 18.5 Å². The number of hydrogen-bond acceptors (Lipinski definition) is 3. The second kappa shape index (κ2) is 9.87. The fourth-order valence-corrected chi connectivity index (χ4v) is 2.41. The van der Waals surface area contributed by atoms with Crippen LogP contribution in [0, 0.1) is 5.82 Å². The smallest absolute Gasteiger partial charge is 0.128 e. The molecule has 3 nitrogen and oxygen atoms in total. The molecule has 1 rings (SSSR count). The summed E-state index contributed by atoms with van der Waals surface area (Å²) in [7, 11) is 6.28. The molecule has 21 heavy (non-hydrogen) atoms. The van der Waals surface area contributed by atoms with Gasteiger partial charge in [-0.3, -0.25) is 0 Å². The number of hydrogen-bond donors (Lipinski definition) is 1. The van der Waals surface area contributed by atoms with Crippen molar-refractivity contribution in [1.29, 1.82) is 0 Å². The Morgan fingerprint density at radius 3 is 2.48 bits per heavy atom. The molecule has 0 spiro atoms. The summed E-state index contributed by atoms with van der Waals surface area (Å²) in [4.78, 5) is 4.47. The normalized spacial score (nSPS) is 13.1. The van der Waals surface area contributed by atoms with Crippen LogP contribution in [0.3, 0.4) is 0 Å². The third kappa shape index (κ3) is 7.02. The van der Waals surface area contributed by atoms with Crippen molar-refractivity contribution in [2.24, 2.45) is 0 Å². The average Bonchev–Trinajstić information content (AvgIpc) is 2.43. The lowest BCUT2D eigenvalue weighted by Crippen LogP contribution is -2.35. The summed E-state index contributed by atoms with van der Waals surface area (Å²) in [6, 6.07) is 7.13. The van der Waals surface area contributed by atoms with E-state index in [4.69, 9.17) is 0 Å². The Balaban J connectivity index is 2.59. The minimum atomic E-state index is -0.118. The Hall–Kier alpha value is -0.970. The Morgan fingerprint density at radius 2 is 1.86 bits per heavy atom. The predicted molar refractivity (Wildman–Crippen MR) is 88.1 cm³/mol. The number of benzene rings is 1. The molecular formula is C17H30FN3. The largest absolute Gasteiger partial charge is 0.309 e. The molecule has 0 heterocycles. The van der Waals surface area contributed by atoms with Crippen LogP contribution in [-0.4, -0.2) is 57.1 Å². The van der Waals surface area contributed by atoms with Crippen molar-refractivity contribution in [2.45, 2.75) is 25.8 Å². The van der Waals surface area contributed by atoms with Gasteiger partial charge in [0.15, 0.2) is 0 Å². The third-order valence-corrected chi connectivity index (χ3v) is 3.56. The maximum atomic E-state index is 14.0. The molecule has 4 heteroatoms. The Labute approximate surface area is 129 Å². The number of halogens is 1. The number of rotatable bonds is 10. The van der Waals surface area contributed by atoms with Crippen LogP contribution in [0.1, 0.15) is 31.4 Å². The molecule has 0 amide bonds. The van der Waals surface area contributed by atoms with Gasteiger partial charge >= 0.3 is 0 Å². The van der Waals surface area contributed by atoms with Crippen molar-refractivity contribution in [3.63, 3.8) is 0 Å². The molecule has 0 saturated heterocycles. The van der Waals surface area contributed by atoms with Gasteiger partial charge in [-0.1, -0.05) is 25.1 Å². The first-order valence-electron chi connectivity index (χ1n) is 7.85. The minimum absolute atomic E-state index is 0.0514. The quantitative estimate of drug-likeness (QED) is 0.716. The summed E-state index contributed by atoms with van der Waals surface area (Å²) < 4.78 is 14.0. The second-order valence-electron chi connectivity index (χ2n) is 5.95. The average molecular weight is 295 g/mol. The van der Waals surface area contributed by atoms with Gasteiger partial charge in [0.25, 0.3) is 0 Å². The third-order valence-electron chi connectivity index (χ3n) is 3.56. The lowest BCUT2D eigenvalue weighted by atomic mass is 10.1. The first-order valence-corrected chi connectivity index (χ1v) is 7.85. The van der Waals surface area contributed by atoms with Crippen molar-refractivity contribution in [2.75, 3.05) is 47.3 Å². The fraction of sp³-hybridized carbons (Fsp3) is 0.647. The van der Waals surface area contributed by atoms with Crippen LogP contribution >= 0.6 is 0 Å². The second-order valence-corrected chi connectivity index (χ2v) is 5.95. The van der Waals surface area contributed by atoms with Crippen LogP contribution < -0.4 is 5.32 Å². The van der Waals surface area contributed by atoms with Crippen LogP contribution in [0.4, 0.5) is 4.39 Å². The summed E-state index contributed by atoms with van der Waals surface area (Å²) >= 11 is 0. The van der Waals surface area contributed by atoms with Crippen molar-refractivity contribution in [1.82, 2.24) is 15.1 Å². The lowest BCUT2D eigenvalue weighted by Gasteiger charge is -2.26. The summed E-state index contributed by atoms with van der Waals surface area (Å²) in [6.45, 7) is 5.97. The van der Waals surface area contributed by atoms with Gasteiger partial charge in [0, 0.05) is 18.2 Å². The van der Waals surface area contributed by atoms with Gasteiger partial charge < -0.3 is 15.1 Å². The van der Waals surface area contributed by atoms with Crippen molar-refractivity contribution < 1.29 is 4.39 Å². The van der Waals surface area contributed by atoms with Crippen LogP contribution in [-0.2, 0) is 0 Å². The van der Waals surface area contributed by atoms with Crippen LogP contribution in [0.25, 0.3) is 0 Å². The highest BCUT2D eigenvalue weighted by atomic mass is 19.1. The first-order chi connectivity index (χ1) is 10.0. The molecule has 0 aromatic heterocycles. The maximum absolute atomic E-state index is 14.0. The van der Waals surface area contributed by atoms with Gasteiger partial charge in [-0.05, 0) is 59.7 Å². The summed E-state index contributed by atoms with van der Waals surface area (Å²) in [5, 5.41) is 3.46. The van der Waals surface area contributed by atoms with Gasteiger partial charge in [0.2, 0.25) is 0 Å². The van der Waals surface area contributed by atoms with E-state index in [0.717, 1.165) is 44.6 Å². The highest BCUT2D eigenvalue weighted by Crippen LogP contribution is 2.18. The van der Waals surface area contributed by atoms with E-state index in [1.54, 1.807) is 12.1 Å². The van der Waals surface area contributed by atoms with E-state index in [9.17, 15) is 4.39 Å². The van der Waals surface area contributed by atoms with E-state index >= 15 is 0 Å². The molecule has 0 aliphatic heterocycles. The first kappa shape index (κ1) is 18.1. The van der Waals surface area contributed by atoms with Gasteiger partial charge in [-0.25, -0.2) is 4.39 Å². The Morgan fingerprint density at radius 1 is 1.14 bits per heavy atom. The monoisotopic (exact) mass is 295 g/mol. The van der Waals surface area contributed by atoms with Gasteiger partial charge in [0.05, 0.1) is 0 Å². The van der Waals surface area contributed by atoms with E-state index in [1.165, 1.54) is 0 Å². The molecule has 0 aliphatic rings. The SMILES string of the molecule is CCCNC(CN(C)CCCN(C)C)c1ccccc1F. The van der Waals surface area contributed by atoms with E-state index in [0.29, 0.717) is 0 Å². The number of nitrogens with zero attached hydrogens (tertiary/aromatic N) is 2. The molecule has 1 atom stereocenters. The van der Waals surface area contributed by atoms with Crippen LogP contribution in [0.5, 0.6) is 0 Å². The van der Waals surface area contributed by atoms with E-state index in [2.05, 4.69) is 43.2 Å². The van der Waals surface area contributed by atoms with Crippen LogP contribution in [0.15, 0.2) is 24.3 Å². The molecule has 1 aromatic carbocycles. The zero-order valence-electron chi connectivity index (χ0n) is 13.9. The summed E-state index contributed by atoms with van der Waals surface area (Å²) in [5.41, 5.74) is 0.769. The van der Waals surface area contributed by atoms with E-state index in [-0.39, 0.29) is 11.9 Å². The van der Waals surface area contributed by atoms with Gasteiger partial charge in [0.1, 0.15) is 5.82 Å². The number of nitrogens with one attached hydrogen (secondary N) is 1. The molecule has 0 bridgehead atoms. The Kier molecular flexibility index (Phi) is 8.50. The molecule has 0 saturated carbocycles. The molecule has 1 N–H and O–H groups in total. The molecular weight excluding hydrogens is 265 g/mol. The van der Waals surface area contributed by atoms with Gasteiger partial charge in [-0.15, -0.1) is 0 Å². The molecule has 0 fully saturated rings. The van der Waals surface area contributed by atoms with Crippen molar-refractivity contribution in [3.05, 3.63) is 35.6 Å². The van der Waals surface area contributed by atoms with E-state index < -0.39 is 0 Å². The maximum Gasteiger partial charge on any atom is 0.128 e. The molecule has 0 radical (unpaired) electrons. The van der Waals surface area contributed by atoms with Gasteiger partial charge in [-0.2, -0.15) is 0 Å². The molecule has 1 unspecified atom stereocenters. The molecule has 0 aliphatic carbocycles. The molecule has 120 valence electrons. The zero-order valence-corrected chi connectivity index (χ0v) is 13.9. The number of likely N-dealkylation sites (N-methyl/N-ethyl adjacent to an activating group) is 1.